The number of alkyl halides is 1. The predicted octanol–water partition coefficient (Wildman–Crippen LogP) is 1.50. The van der Waals surface area contributed by atoms with Crippen LogP contribution < -0.4 is 4.72 Å². The van der Waals surface area contributed by atoms with Crippen LogP contribution in [0.5, 0.6) is 0 Å². The topological polar surface area (TPSA) is 46.2 Å². The second-order valence-electron chi connectivity index (χ2n) is 2.52. The highest BCUT2D eigenvalue weighted by Gasteiger charge is 2.08. The fourth-order valence-electron chi connectivity index (χ4n) is 0.928. The lowest BCUT2D eigenvalue weighted by molar-refractivity contribution is 0.587. The molecule has 0 aromatic heterocycles. The molecule has 1 aromatic rings. The van der Waals surface area contributed by atoms with Gasteiger partial charge in [0.15, 0.2) is 0 Å². The van der Waals surface area contributed by atoms with Crippen LogP contribution in [0, 0.1) is 0 Å². The zero-order chi connectivity index (χ0) is 9.73. The van der Waals surface area contributed by atoms with Gasteiger partial charge in [-0.2, -0.15) is 0 Å². The Morgan fingerprint density at radius 3 is 2.38 bits per heavy atom. The molecule has 72 valence electrons. The first-order valence-corrected chi connectivity index (χ1v) is 6.89. The monoisotopic (exact) mass is 311 g/mol. The minimum atomic E-state index is -3.14. The summed E-state index contributed by atoms with van der Waals surface area (Å²) in [5.41, 5.74) is 0.805. The third kappa shape index (κ3) is 4.06. The Kier molecular flexibility index (Phi) is 4.14. The maximum Gasteiger partial charge on any atom is 0.216 e. The molecule has 0 saturated carbocycles. The van der Waals surface area contributed by atoms with Crippen LogP contribution in [0.2, 0.25) is 0 Å². The normalized spacial score (nSPS) is 11.5. The molecular weight excluding hydrogens is 301 g/mol. The summed E-state index contributed by atoms with van der Waals surface area (Å²) in [7, 11) is -3.14. The molecule has 0 aliphatic rings. The van der Waals surface area contributed by atoms with E-state index in [-0.39, 0.29) is 5.75 Å². The van der Waals surface area contributed by atoms with Gasteiger partial charge >= 0.3 is 0 Å². The van der Waals surface area contributed by atoms with E-state index in [9.17, 15) is 8.42 Å². The first-order valence-electron chi connectivity index (χ1n) is 3.71. The van der Waals surface area contributed by atoms with Gasteiger partial charge in [-0.1, -0.05) is 52.9 Å². The van der Waals surface area contributed by atoms with Gasteiger partial charge in [0.05, 0.1) is 10.3 Å². The van der Waals surface area contributed by atoms with Crippen LogP contribution in [-0.2, 0) is 15.8 Å². The second kappa shape index (κ2) is 4.92. The molecule has 1 aromatic carbocycles. The Labute approximate surface area is 91.7 Å². The molecule has 0 fully saturated rings. The lowest BCUT2D eigenvalue weighted by atomic mass is 10.2. The van der Waals surface area contributed by atoms with Crippen LogP contribution in [0.4, 0.5) is 0 Å². The molecule has 0 heterocycles. The highest BCUT2D eigenvalue weighted by molar-refractivity contribution is 14.1. The summed E-state index contributed by atoms with van der Waals surface area (Å²) in [6, 6.07) is 9.12. The van der Waals surface area contributed by atoms with E-state index in [0.717, 1.165) is 5.56 Å². The molecule has 13 heavy (non-hydrogen) atoms. The van der Waals surface area contributed by atoms with Gasteiger partial charge in [-0.3, -0.25) is 0 Å². The number of nitrogens with one attached hydrogen (secondary N) is 1. The van der Waals surface area contributed by atoms with E-state index in [2.05, 4.69) is 4.72 Å². The summed E-state index contributed by atoms with van der Waals surface area (Å²) in [4.78, 5) is 0. The Bertz CT molecular complexity index is 350. The second-order valence-corrected chi connectivity index (χ2v) is 5.09. The Balaban J connectivity index is 2.70. The summed E-state index contributed by atoms with van der Waals surface area (Å²) in [6.45, 7) is 0. The fourth-order valence-corrected chi connectivity index (χ4v) is 3.25. The van der Waals surface area contributed by atoms with Crippen LogP contribution in [-0.4, -0.2) is 13.0 Å². The molecule has 1 rings (SSSR count). The Morgan fingerprint density at radius 1 is 1.23 bits per heavy atom. The average molecular weight is 311 g/mol. The minimum Gasteiger partial charge on any atom is -0.212 e. The zero-order valence-corrected chi connectivity index (χ0v) is 9.88. The summed E-state index contributed by atoms with van der Waals surface area (Å²) < 4.78 is 25.4. The average Bonchev–Trinajstić information content (AvgIpc) is 2.04. The van der Waals surface area contributed by atoms with Crippen molar-refractivity contribution in [2.75, 3.05) is 4.55 Å². The highest BCUT2D eigenvalue weighted by atomic mass is 127. The molecule has 0 aliphatic heterocycles. The van der Waals surface area contributed by atoms with Crippen LogP contribution in [0.15, 0.2) is 30.3 Å². The molecule has 5 heteroatoms. The van der Waals surface area contributed by atoms with Crippen LogP contribution >= 0.6 is 22.6 Å². The van der Waals surface area contributed by atoms with Gasteiger partial charge in [-0.05, 0) is 5.56 Å². The summed E-state index contributed by atoms with van der Waals surface area (Å²) >= 11 is 1.97. The number of rotatable bonds is 4. The molecule has 0 bridgehead atoms. The fraction of sp³-hybridized carbons (Fsp3) is 0.250. The van der Waals surface area contributed by atoms with Crippen molar-refractivity contribution < 1.29 is 8.42 Å². The molecular formula is C8H10INO2S. The van der Waals surface area contributed by atoms with E-state index in [0.29, 0.717) is 4.55 Å². The molecule has 0 spiro atoms. The van der Waals surface area contributed by atoms with E-state index in [1.165, 1.54) is 0 Å². The molecule has 0 atom stereocenters. The van der Waals surface area contributed by atoms with Gasteiger partial charge in [0.25, 0.3) is 0 Å². The number of hydrogen-bond donors (Lipinski definition) is 1. The van der Waals surface area contributed by atoms with E-state index in [1.54, 1.807) is 12.1 Å². The van der Waals surface area contributed by atoms with E-state index in [4.69, 9.17) is 0 Å². The van der Waals surface area contributed by atoms with Crippen LogP contribution in [0.3, 0.4) is 0 Å². The van der Waals surface area contributed by atoms with E-state index < -0.39 is 10.0 Å². The minimum absolute atomic E-state index is 0.0524. The number of sulfonamides is 1. The lowest BCUT2D eigenvalue weighted by Gasteiger charge is -2.02. The van der Waals surface area contributed by atoms with E-state index in [1.807, 2.05) is 40.8 Å². The standard InChI is InChI=1S/C8H10INO2S/c9-7-10-13(11,12)6-8-4-2-1-3-5-8/h1-5,10H,6-7H2. The van der Waals surface area contributed by atoms with E-state index >= 15 is 0 Å². The predicted molar refractivity (Wildman–Crippen MR) is 61.1 cm³/mol. The van der Waals surface area contributed by atoms with Crippen LogP contribution in [0.1, 0.15) is 5.56 Å². The van der Waals surface area contributed by atoms with Gasteiger partial charge in [0, 0.05) is 0 Å². The van der Waals surface area contributed by atoms with Gasteiger partial charge in [0.2, 0.25) is 10.0 Å². The first kappa shape index (κ1) is 10.9. The molecule has 0 amide bonds. The Hall–Kier alpha value is -0.140. The molecule has 0 aliphatic carbocycles. The maximum absolute atomic E-state index is 11.3. The molecule has 0 saturated heterocycles. The van der Waals surface area contributed by atoms with Crippen molar-refractivity contribution in [3.63, 3.8) is 0 Å². The number of hydrogen-bond acceptors (Lipinski definition) is 2. The third-order valence-electron chi connectivity index (χ3n) is 1.47. The van der Waals surface area contributed by atoms with Crippen LogP contribution in [0.25, 0.3) is 0 Å². The number of benzene rings is 1. The summed E-state index contributed by atoms with van der Waals surface area (Å²) in [5.74, 6) is 0.0524. The molecule has 0 radical (unpaired) electrons. The van der Waals surface area contributed by atoms with Crippen molar-refractivity contribution in [2.45, 2.75) is 5.75 Å². The van der Waals surface area contributed by atoms with Gasteiger partial charge in [-0.15, -0.1) is 0 Å². The van der Waals surface area contributed by atoms with Crippen molar-refractivity contribution in [1.82, 2.24) is 4.72 Å². The van der Waals surface area contributed by atoms with Crippen molar-refractivity contribution in [3.8, 4) is 0 Å². The van der Waals surface area contributed by atoms with Crippen molar-refractivity contribution in [1.29, 1.82) is 0 Å². The zero-order valence-electron chi connectivity index (χ0n) is 6.90. The summed E-state index contributed by atoms with van der Waals surface area (Å²) in [6.07, 6.45) is 0. The van der Waals surface area contributed by atoms with Crippen molar-refractivity contribution in [3.05, 3.63) is 35.9 Å². The van der Waals surface area contributed by atoms with Crippen molar-refractivity contribution in [2.24, 2.45) is 0 Å². The largest absolute Gasteiger partial charge is 0.216 e. The number of halogens is 1. The third-order valence-corrected chi connectivity index (χ3v) is 3.67. The molecule has 0 unspecified atom stereocenters. The Morgan fingerprint density at radius 2 is 1.85 bits per heavy atom. The lowest BCUT2D eigenvalue weighted by Crippen LogP contribution is -2.23. The van der Waals surface area contributed by atoms with Gasteiger partial charge in [0.1, 0.15) is 0 Å². The van der Waals surface area contributed by atoms with Gasteiger partial charge in [-0.25, -0.2) is 13.1 Å². The first-order chi connectivity index (χ1) is 6.14. The highest BCUT2D eigenvalue weighted by Crippen LogP contribution is 2.03. The smallest absolute Gasteiger partial charge is 0.212 e. The SMILES string of the molecule is O=S(=O)(Cc1ccccc1)NCI. The van der Waals surface area contributed by atoms with Gasteiger partial charge < -0.3 is 0 Å². The van der Waals surface area contributed by atoms with Crippen molar-refractivity contribution >= 4 is 32.6 Å². The summed E-state index contributed by atoms with van der Waals surface area (Å²) in [5, 5.41) is 0. The molecule has 1 N–H and O–H groups in total. The quantitative estimate of drug-likeness (QED) is 0.520. The molecule has 3 nitrogen and oxygen atoms in total. The maximum atomic E-state index is 11.3.